The monoisotopic (exact) mass is 244 g/mol. The normalized spacial score (nSPS) is 10.4. The van der Waals surface area contributed by atoms with Crippen LogP contribution in [0.15, 0.2) is 23.1 Å². The standard InChI is InChI=1S/C6H5BrN4S/c7-5-1-9-11(3-5)4-6-2-8-10-12-6/h1-3H,4H2. The van der Waals surface area contributed by atoms with Crippen LogP contribution in [0.1, 0.15) is 4.88 Å². The van der Waals surface area contributed by atoms with Crippen molar-refractivity contribution in [2.24, 2.45) is 0 Å². The van der Waals surface area contributed by atoms with Crippen LogP contribution in [0.5, 0.6) is 0 Å². The van der Waals surface area contributed by atoms with Crippen LogP contribution in [0.4, 0.5) is 0 Å². The van der Waals surface area contributed by atoms with E-state index in [1.165, 1.54) is 11.5 Å². The molecule has 2 heterocycles. The third-order valence-corrected chi connectivity index (χ3v) is 2.38. The zero-order valence-corrected chi connectivity index (χ0v) is 8.42. The lowest BCUT2D eigenvalue weighted by Gasteiger charge is -1.94. The molecule has 0 unspecified atom stereocenters. The largest absolute Gasteiger partial charge is 0.266 e. The van der Waals surface area contributed by atoms with E-state index >= 15 is 0 Å². The predicted molar refractivity (Wildman–Crippen MR) is 48.9 cm³/mol. The Morgan fingerprint density at radius 3 is 3.00 bits per heavy atom. The Hall–Kier alpha value is -0.750. The van der Waals surface area contributed by atoms with Crippen LogP contribution < -0.4 is 0 Å². The molecule has 0 atom stereocenters. The first-order valence-corrected chi connectivity index (χ1v) is 4.85. The fourth-order valence-corrected chi connectivity index (χ4v) is 1.65. The summed E-state index contributed by atoms with van der Waals surface area (Å²) in [4.78, 5) is 1.10. The molecular weight excluding hydrogens is 240 g/mol. The van der Waals surface area contributed by atoms with E-state index in [0.29, 0.717) is 0 Å². The lowest BCUT2D eigenvalue weighted by Crippen LogP contribution is -1.97. The number of hydrogen-bond acceptors (Lipinski definition) is 4. The molecule has 4 nitrogen and oxygen atoms in total. The van der Waals surface area contributed by atoms with E-state index in [2.05, 4.69) is 30.6 Å². The van der Waals surface area contributed by atoms with Crippen LogP contribution in [0.3, 0.4) is 0 Å². The highest BCUT2D eigenvalue weighted by molar-refractivity contribution is 9.10. The van der Waals surface area contributed by atoms with Gasteiger partial charge in [-0.25, -0.2) is 0 Å². The Balaban J connectivity index is 2.14. The van der Waals surface area contributed by atoms with Gasteiger partial charge in [-0.3, -0.25) is 4.68 Å². The molecule has 0 saturated heterocycles. The van der Waals surface area contributed by atoms with Crippen molar-refractivity contribution in [2.45, 2.75) is 6.54 Å². The molecule has 2 aromatic rings. The summed E-state index contributed by atoms with van der Waals surface area (Å²) in [5.74, 6) is 0. The van der Waals surface area contributed by atoms with Crippen LogP contribution in [-0.2, 0) is 6.54 Å². The van der Waals surface area contributed by atoms with E-state index < -0.39 is 0 Å². The topological polar surface area (TPSA) is 43.6 Å². The number of rotatable bonds is 2. The lowest BCUT2D eigenvalue weighted by atomic mass is 10.5. The van der Waals surface area contributed by atoms with Crippen molar-refractivity contribution < 1.29 is 0 Å². The maximum absolute atomic E-state index is 4.11. The molecule has 0 N–H and O–H groups in total. The van der Waals surface area contributed by atoms with E-state index in [-0.39, 0.29) is 0 Å². The maximum atomic E-state index is 4.11. The molecule has 0 bridgehead atoms. The van der Waals surface area contributed by atoms with Crippen molar-refractivity contribution in [2.75, 3.05) is 0 Å². The highest BCUT2D eigenvalue weighted by Crippen LogP contribution is 2.09. The molecule has 2 rings (SSSR count). The van der Waals surface area contributed by atoms with Crippen molar-refractivity contribution >= 4 is 27.5 Å². The number of nitrogens with zero attached hydrogens (tertiary/aromatic N) is 4. The number of aromatic nitrogens is 4. The predicted octanol–water partition coefficient (Wildman–Crippen LogP) is 1.55. The summed E-state index contributed by atoms with van der Waals surface area (Å²) in [5.41, 5.74) is 0. The van der Waals surface area contributed by atoms with Gasteiger partial charge in [0.2, 0.25) is 0 Å². The van der Waals surface area contributed by atoms with E-state index in [1.54, 1.807) is 12.4 Å². The molecule has 0 fully saturated rings. The second-order valence-corrected chi connectivity index (χ2v) is 4.03. The smallest absolute Gasteiger partial charge is 0.0784 e. The molecule has 0 saturated carbocycles. The molecule has 0 aromatic carbocycles. The lowest BCUT2D eigenvalue weighted by molar-refractivity contribution is 0.693. The molecule has 6 heteroatoms. The van der Waals surface area contributed by atoms with Crippen molar-refractivity contribution in [3.63, 3.8) is 0 Å². The minimum absolute atomic E-state index is 0.739. The van der Waals surface area contributed by atoms with Gasteiger partial charge >= 0.3 is 0 Å². The Kier molecular flexibility index (Phi) is 2.18. The van der Waals surface area contributed by atoms with Gasteiger partial charge in [0, 0.05) is 6.20 Å². The minimum Gasteiger partial charge on any atom is -0.266 e. The van der Waals surface area contributed by atoms with E-state index in [0.717, 1.165) is 15.9 Å². The highest BCUT2D eigenvalue weighted by atomic mass is 79.9. The third kappa shape index (κ3) is 1.70. The van der Waals surface area contributed by atoms with Gasteiger partial charge < -0.3 is 0 Å². The number of hydrogen-bond donors (Lipinski definition) is 0. The van der Waals surface area contributed by atoms with Crippen LogP contribution in [0, 0.1) is 0 Å². The Bertz CT molecular complexity index is 355. The molecule has 62 valence electrons. The highest BCUT2D eigenvalue weighted by Gasteiger charge is 1.98. The summed E-state index contributed by atoms with van der Waals surface area (Å²) >= 11 is 4.71. The summed E-state index contributed by atoms with van der Waals surface area (Å²) < 4.78 is 6.58. The van der Waals surface area contributed by atoms with Crippen LogP contribution in [0.25, 0.3) is 0 Å². The molecular formula is C6H5BrN4S. The first-order chi connectivity index (χ1) is 5.84. The van der Waals surface area contributed by atoms with Gasteiger partial charge in [0.1, 0.15) is 0 Å². The molecule has 0 aliphatic heterocycles. The first kappa shape index (κ1) is 7.88. The molecule has 0 amide bonds. The Labute approximate surface area is 81.5 Å². The van der Waals surface area contributed by atoms with Gasteiger partial charge in [-0.15, -0.1) is 5.10 Å². The summed E-state index contributed by atoms with van der Waals surface area (Å²) in [6.07, 6.45) is 5.43. The van der Waals surface area contributed by atoms with Crippen molar-refractivity contribution in [3.05, 3.63) is 27.9 Å². The fourth-order valence-electron chi connectivity index (χ4n) is 0.842. The fraction of sp³-hybridized carbons (Fsp3) is 0.167. The van der Waals surface area contributed by atoms with Crippen LogP contribution in [0.2, 0.25) is 0 Å². The average Bonchev–Trinajstić information content (AvgIpc) is 2.63. The summed E-state index contributed by atoms with van der Waals surface area (Å²) in [6, 6.07) is 0. The average molecular weight is 245 g/mol. The van der Waals surface area contributed by atoms with Gasteiger partial charge in [0.25, 0.3) is 0 Å². The van der Waals surface area contributed by atoms with Crippen LogP contribution >= 0.6 is 27.5 Å². The van der Waals surface area contributed by atoms with E-state index in [1.807, 2.05) is 10.9 Å². The number of halogens is 1. The Morgan fingerprint density at radius 2 is 2.42 bits per heavy atom. The second kappa shape index (κ2) is 3.32. The summed E-state index contributed by atoms with van der Waals surface area (Å²) in [5, 5.41) is 7.85. The van der Waals surface area contributed by atoms with Gasteiger partial charge in [-0.05, 0) is 27.5 Å². The summed E-state index contributed by atoms with van der Waals surface area (Å²) in [6.45, 7) is 0.739. The molecule has 0 spiro atoms. The molecule has 0 aliphatic rings. The van der Waals surface area contributed by atoms with Gasteiger partial charge in [0.05, 0.1) is 28.3 Å². The second-order valence-electron chi connectivity index (χ2n) is 2.24. The van der Waals surface area contributed by atoms with Gasteiger partial charge in [-0.1, -0.05) is 4.49 Å². The Morgan fingerprint density at radius 1 is 1.50 bits per heavy atom. The van der Waals surface area contributed by atoms with Crippen molar-refractivity contribution in [1.29, 1.82) is 0 Å². The first-order valence-electron chi connectivity index (χ1n) is 3.29. The SMILES string of the molecule is Brc1cnn(Cc2cnns2)c1. The van der Waals surface area contributed by atoms with E-state index in [9.17, 15) is 0 Å². The zero-order chi connectivity index (χ0) is 8.39. The molecule has 0 radical (unpaired) electrons. The van der Waals surface area contributed by atoms with Gasteiger partial charge in [0.15, 0.2) is 0 Å². The summed E-state index contributed by atoms with van der Waals surface area (Å²) in [7, 11) is 0. The molecule has 12 heavy (non-hydrogen) atoms. The quantitative estimate of drug-likeness (QED) is 0.806. The van der Waals surface area contributed by atoms with Crippen molar-refractivity contribution in [1.82, 2.24) is 19.4 Å². The molecule has 2 aromatic heterocycles. The zero-order valence-electron chi connectivity index (χ0n) is 6.01. The van der Waals surface area contributed by atoms with E-state index in [4.69, 9.17) is 0 Å². The maximum Gasteiger partial charge on any atom is 0.0784 e. The minimum atomic E-state index is 0.739. The van der Waals surface area contributed by atoms with Crippen LogP contribution in [-0.4, -0.2) is 19.4 Å². The third-order valence-electron chi connectivity index (χ3n) is 1.33. The molecule has 0 aliphatic carbocycles. The van der Waals surface area contributed by atoms with Crippen molar-refractivity contribution in [3.8, 4) is 0 Å². The van der Waals surface area contributed by atoms with Gasteiger partial charge in [-0.2, -0.15) is 5.10 Å².